The monoisotopic (exact) mass is 235 g/mol. The lowest BCUT2D eigenvalue weighted by atomic mass is 10.0. The zero-order valence-electron chi connectivity index (χ0n) is 9.53. The number of fused-ring (bicyclic) bond motifs is 1. The van der Waals surface area contributed by atoms with Gasteiger partial charge in [-0.3, -0.25) is 4.79 Å². The fourth-order valence-electron chi connectivity index (χ4n) is 1.94. The zero-order valence-corrected chi connectivity index (χ0v) is 10.3. The van der Waals surface area contributed by atoms with Gasteiger partial charge in [-0.05, 0) is 43.2 Å². The van der Waals surface area contributed by atoms with E-state index in [1.165, 1.54) is 22.6 Å². The lowest BCUT2D eigenvalue weighted by Gasteiger charge is -2.15. The first kappa shape index (κ1) is 11.7. The molecule has 0 radical (unpaired) electrons. The molecular weight excluding hydrogens is 218 g/mol. The highest BCUT2D eigenvalue weighted by atomic mass is 32.2. The molecule has 0 spiro atoms. The van der Waals surface area contributed by atoms with E-state index in [1.54, 1.807) is 0 Å². The minimum Gasteiger partial charge on any atom is -0.328 e. The molecule has 16 heavy (non-hydrogen) atoms. The predicted molar refractivity (Wildman–Crippen MR) is 68.1 cm³/mol. The van der Waals surface area contributed by atoms with Crippen LogP contribution in [0.3, 0.4) is 0 Å². The van der Waals surface area contributed by atoms with Gasteiger partial charge in [0.15, 0.2) is 5.78 Å². The molecule has 0 aromatic heterocycles. The molecule has 2 nitrogen and oxygen atoms in total. The third-order valence-electron chi connectivity index (χ3n) is 2.74. The van der Waals surface area contributed by atoms with Crippen LogP contribution in [0.25, 0.3) is 0 Å². The molecule has 0 amide bonds. The Balaban J connectivity index is 2.19. The van der Waals surface area contributed by atoms with Gasteiger partial charge in [0.2, 0.25) is 0 Å². The molecule has 3 heteroatoms. The number of carbonyl (C=O) groups is 1. The number of hydrogen-bond donors (Lipinski definition) is 1. The highest BCUT2D eigenvalue weighted by molar-refractivity contribution is 7.99. The largest absolute Gasteiger partial charge is 0.328 e. The van der Waals surface area contributed by atoms with Crippen molar-refractivity contribution in [2.75, 3.05) is 5.75 Å². The van der Waals surface area contributed by atoms with E-state index in [0.717, 1.165) is 12.0 Å². The fourth-order valence-corrected chi connectivity index (χ4v) is 2.96. The Kier molecular flexibility index (Phi) is 3.66. The van der Waals surface area contributed by atoms with E-state index in [2.05, 4.69) is 6.07 Å². The molecule has 86 valence electrons. The van der Waals surface area contributed by atoms with Crippen molar-refractivity contribution in [3.8, 4) is 0 Å². The van der Waals surface area contributed by atoms with E-state index in [4.69, 9.17) is 5.73 Å². The summed E-state index contributed by atoms with van der Waals surface area (Å²) < 4.78 is 0. The minimum absolute atomic E-state index is 0.0575. The number of Topliss-reactive ketones (excluding diaryl/α,β-unsaturated/α-hetero) is 1. The number of thioether (sulfide) groups is 1. The van der Waals surface area contributed by atoms with Crippen LogP contribution in [-0.2, 0) is 6.42 Å². The molecule has 0 aliphatic carbocycles. The maximum atomic E-state index is 11.9. The van der Waals surface area contributed by atoms with E-state index in [1.807, 2.05) is 30.8 Å². The highest BCUT2D eigenvalue weighted by Gasteiger charge is 2.13. The SMILES string of the molecule is CC(N)CC(=O)c1ccc2c(c1)CCCS2. The Morgan fingerprint density at radius 2 is 2.38 bits per heavy atom. The Morgan fingerprint density at radius 3 is 3.12 bits per heavy atom. The summed E-state index contributed by atoms with van der Waals surface area (Å²) in [7, 11) is 0. The Morgan fingerprint density at radius 1 is 1.56 bits per heavy atom. The molecule has 0 bridgehead atoms. The van der Waals surface area contributed by atoms with Gasteiger partial charge in [0.1, 0.15) is 0 Å². The van der Waals surface area contributed by atoms with Crippen molar-refractivity contribution in [1.29, 1.82) is 0 Å². The molecule has 0 saturated carbocycles. The van der Waals surface area contributed by atoms with Crippen LogP contribution in [0.4, 0.5) is 0 Å². The van der Waals surface area contributed by atoms with Gasteiger partial charge in [-0.25, -0.2) is 0 Å². The summed E-state index contributed by atoms with van der Waals surface area (Å²) >= 11 is 1.89. The van der Waals surface area contributed by atoms with Gasteiger partial charge in [0.25, 0.3) is 0 Å². The number of ketones is 1. The van der Waals surface area contributed by atoms with Crippen LogP contribution >= 0.6 is 11.8 Å². The number of rotatable bonds is 3. The van der Waals surface area contributed by atoms with Gasteiger partial charge >= 0.3 is 0 Å². The summed E-state index contributed by atoms with van der Waals surface area (Å²) in [4.78, 5) is 13.2. The first-order chi connectivity index (χ1) is 7.66. The second kappa shape index (κ2) is 5.02. The number of carbonyl (C=O) groups excluding carboxylic acids is 1. The molecule has 1 atom stereocenters. The summed E-state index contributed by atoms with van der Waals surface area (Å²) in [5, 5.41) is 0. The molecule has 2 N–H and O–H groups in total. The van der Waals surface area contributed by atoms with Crippen molar-refractivity contribution in [1.82, 2.24) is 0 Å². The molecule has 1 aliphatic rings. The third-order valence-corrected chi connectivity index (χ3v) is 3.94. The van der Waals surface area contributed by atoms with Gasteiger partial charge in [-0.1, -0.05) is 6.07 Å². The number of hydrogen-bond acceptors (Lipinski definition) is 3. The smallest absolute Gasteiger partial charge is 0.164 e. The third kappa shape index (κ3) is 2.66. The molecule has 1 unspecified atom stereocenters. The summed E-state index contributed by atoms with van der Waals surface area (Å²) in [6, 6.07) is 6.00. The second-order valence-corrected chi connectivity index (χ2v) is 5.52. The van der Waals surface area contributed by atoms with Crippen molar-refractivity contribution in [2.24, 2.45) is 5.73 Å². The number of benzene rings is 1. The van der Waals surface area contributed by atoms with E-state index in [9.17, 15) is 4.79 Å². The first-order valence-corrected chi connectivity index (χ1v) is 6.70. The lowest BCUT2D eigenvalue weighted by molar-refractivity contribution is 0.0976. The van der Waals surface area contributed by atoms with E-state index >= 15 is 0 Å². The van der Waals surface area contributed by atoms with Crippen molar-refractivity contribution >= 4 is 17.5 Å². The first-order valence-electron chi connectivity index (χ1n) is 5.71. The standard InChI is InChI=1S/C13H17NOS/c1-9(14)7-12(15)10-4-5-13-11(8-10)3-2-6-16-13/h4-5,8-9H,2-3,6-7,14H2,1H3. The van der Waals surface area contributed by atoms with Gasteiger partial charge in [-0.15, -0.1) is 11.8 Å². The zero-order chi connectivity index (χ0) is 11.5. The van der Waals surface area contributed by atoms with E-state index < -0.39 is 0 Å². The van der Waals surface area contributed by atoms with Crippen molar-refractivity contribution in [3.05, 3.63) is 29.3 Å². The van der Waals surface area contributed by atoms with E-state index in [0.29, 0.717) is 6.42 Å². The van der Waals surface area contributed by atoms with Crippen molar-refractivity contribution in [2.45, 2.75) is 37.1 Å². The number of aryl methyl sites for hydroxylation is 1. The average molecular weight is 235 g/mol. The van der Waals surface area contributed by atoms with Crippen molar-refractivity contribution < 1.29 is 4.79 Å². The van der Waals surface area contributed by atoms with E-state index in [-0.39, 0.29) is 11.8 Å². The maximum Gasteiger partial charge on any atom is 0.164 e. The Hall–Kier alpha value is -0.800. The van der Waals surface area contributed by atoms with Gasteiger partial charge in [-0.2, -0.15) is 0 Å². The molecule has 0 fully saturated rings. The molecule has 1 aromatic carbocycles. The molecule has 2 rings (SSSR count). The van der Waals surface area contributed by atoms with Crippen LogP contribution < -0.4 is 5.73 Å². The predicted octanol–water partition coefficient (Wildman–Crippen LogP) is 2.64. The van der Waals surface area contributed by atoms with Gasteiger partial charge in [0, 0.05) is 22.9 Å². The fraction of sp³-hybridized carbons (Fsp3) is 0.462. The quantitative estimate of drug-likeness (QED) is 0.819. The van der Waals surface area contributed by atoms with Crippen LogP contribution in [0.2, 0.25) is 0 Å². The minimum atomic E-state index is -0.0575. The van der Waals surface area contributed by atoms with Gasteiger partial charge < -0.3 is 5.73 Å². The topological polar surface area (TPSA) is 43.1 Å². The average Bonchev–Trinajstić information content (AvgIpc) is 2.27. The summed E-state index contributed by atoms with van der Waals surface area (Å²) in [5.74, 6) is 1.36. The Labute approximate surface area is 101 Å². The van der Waals surface area contributed by atoms with Crippen LogP contribution in [0.15, 0.2) is 23.1 Å². The summed E-state index contributed by atoms with van der Waals surface area (Å²) in [6.07, 6.45) is 2.75. The van der Waals surface area contributed by atoms with Crippen LogP contribution in [-0.4, -0.2) is 17.6 Å². The van der Waals surface area contributed by atoms with Crippen LogP contribution in [0.1, 0.15) is 35.7 Å². The summed E-state index contributed by atoms with van der Waals surface area (Å²) in [6.45, 7) is 1.87. The molecular formula is C13H17NOS. The van der Waals surface area contributed by atoms with Gasteiger partial charge in [0.05, 0.1) is 0 Å². The summed E-state index contributed by atoms with van der Waals surface area (Å²) in [5.41, 5.74) is 7.79. The van der Waals surface area contributed by atoms with Crippen LogP contribution in [0, 0.1) is 0 Å². The highest BCUT2D eigenvalue weighted by Crippen LogP contribution is 2.30. The van der Waals surface area contributed by atoms with Crippen molar-refractivity contribution in [3.63, 3.8) is 0 Å². The molecule has 0 saturated heterocycles. The maximum absolute atomic E-state index is 11.9. The lowest BCUT2D eigenvalue weighted by Crippen LogP contribution is -2.19. The number of nitrogens with two attached hydrogens (primary N) is 1. The van der Waals surface area contributed by atoms with Crippen LogP contribution in [0.5, 0.6) is 0 Å². The molecule has 1 aromatic rings. The molecule has 1 heterocycles. The second-order valence-electron chi connectivity index (χ2n) is 4.38. The molecule has 1 aliphatic heterocycles. The normalized spacial score (nSPS) is 16.6. The Bertz CT molecular complexity index is 401.